The average Bonchev–Trinajstić information content (AvgIpc) is 2.30. The van der Waals surface area contributed by atoms with E-state index in [1.165, 1.54) is 12.0 Å². The number of hydrogen-bond acceptors (Lipinski definition) is 4. The molecule has 0 saturated carbocycles. The van der Waals surface area contributed by atoms with Crippen molar-refractivity contribution >= 4 is 23.4 Å². The number of carbonyl (C=O) groups excluding carboxylic acids is 1. The monoisotopic (exact) mass is 248 g/mol. The van der Waals surface area contributed by atoms with Gasteiger partial charge in [0.05, 0.1) is 33.4 Å². The second-order valence-corrected chi connectivity index (χ2v) is 3.89. The van der Waals surface area contributed by atoms with Gasteiger partial charge in [-0.05, 0) is 12.2 Å². The Morgan fingerprint density at radius 3 is 2.81 bits per heavy atom. The van der Waals surface area contributed by atoms with Crippen LogP contribution in [-0.4, -0.2) is 57.7 Å². The molecule has 1 saturated heterocycles. The summed E-state index contributed by atoms with van der Waals surface area (Å²) < 4.78 is 9.67. The van der Waals surface area contributed by atoms with Gasteiger partial charge in [0.2, 0.25) is 0 Å². The average molecular weight is 248 g/mol. The molecule has 0 aromatic heterocycles. The number of amides is 1. The van der Waals surface area contributed by atoms with E-state index in [0.717, 1.165) is 39.4 Å². The van der Waals surface area contributed by atoms with Crippen molar-refractivity contribution in [3.05, 3.63) is 0 Å². The molecule has 0 bridgehead atoms. The number of rotatable bonds is 3. The summed E-state index contributed by atoms with van der Waals surface area (Å²) >= 11 is 4.91. The Balaban J connectivity index is 2.05. The summed E-state index contributed by atoms with van der Waals surface area (Å²) in [6.07, 6.45) is -0.545. The normalized spacial score (nSPS) is 16.6. The molecule has 0 radical (unpaired) electrons. The Bertz CT molecular complexity index is 244. The van der Waals surface area contributed by atoms with Gasteiger partial charge in [-0.1, -0.05) is 0 Å². The minimum Gasteiger partial charge on any atom is -0.453 e. The molecule has 6 nitrogen and oxygen atoms in total. The molecule has 0 spiro atoms. The third-order valence-corrected chi connectivity index (χ3v) is 2.61. The molecule has 7 heteroatoms. The van der Waals surface area contributed by atoms with Gasteiger partial charge in [-0.15, -0.1) is 0 Å². The smallest absolute Gasteiger partial charge is 0.413 e. The predicted octanol–water partition coefficient (Wildman–Crippen LogP) is -1.87. The third-order valence-electron chi connectivity index (χ3n) is 2.37. The van der Waals surface area contributed by atoms with Crippen LogP contribution in [0.4, 0.5) is 4.79 Å². The van der Waals surface area contributed by atoms with Gasteiger partial charge in [0, 0.05) is 0 Å². The minimum absolute atomic E-state index is 0.305. The summed E-state index contributed by atoms with van der Waals surface area (Å²) in [6.45, 7) is 5.39. The molecule has 1 rings (SSSR count). The van der Waals surface area contributed by atoms with Crippen LogP contribution in [-0.2, 0) is 9.47 Å². The van der Waals surface area contributed by atoms with Crippen LogP contribution in [0.25, 0.3) is 0 Å². The molecule has 0 aliphatic carbocycles. The van der Waals surface area contributed by atoms with Gasteiger partial charge in [0.25, 0.3) is 0 Å². The molecule has 3 N–H and O–H groups in total. The van der Waals surface area contributed by atoms with E-state index in [-0.39, 0.29) is 0 Å². The minimum atomic E-state index is -0.545. The third kappa shape index (κ3) is 5.24. The number of nitrogens with one attached hydrogen (secondary N) is 3. The number of carbonyl (C=O) groups is 1. The van der Waals surface area contributed by atoms with Crippen molar-refractivity contribution < 1.29 is 19.2 Å². The molecule has 0 aromatic rings. The van der Waals surface area contributed by atoms with Gasteiger partial charge in [-0.25, -0.2) is 4.79 Å². The van der Waals surface area contributed by atoms with E-state index < -0.39 is 6.09 Å². The molecule has 1 aliphatic rings. The number of thiocarbonyl (C=S) groups is 1. The van der Waals surface area contributed by atoms with Gasteiger partial charge in [0.1, 0.15) is 13.1 Å². The second kappa shape index (κ2) is 7.37. The number of alkyl carbamates (subject to hydrolysis) is 1. The van der Waals surface area contributed by atoms with Crippen LogP contribution >= 0.6 is 12.2 Å². The molecule has 92 valence electrons. The molecular weight excluding hydrogens is 230 g/mol. The first-order valence-corrected chi connectivity index (χ1v) is 5.67. The molecule has 0 unspecified atom stereocenters. The number of quaternary nitrogens is 1. The van der Waals surface area contributed by atoms with Crippen molar-refractivity contribution in [2.45, 2.75) is 0 Å². The molecule has 1 fully saturated rings. The van der Waals surface area contributed by atoms with E-state index in [1.807, 2.05) is 0 Å². The van der Waals surface area contributed by atoms with Crippen LogP contribution < -0.4 is 15.5 Å². The Morgan fingerprint density at radius 1 is 1.50 bits per heavy atom. The predicted molar refractivity (Wildman–Crippen MR) is 62.5 cm³/mol. The maximum atomic E-state index is 10.8. The number of morpholine rings is 1. The molecular formula is C9H18N3O3S+. The van der Waals surface area contributed by atoms with Crippen LogP contribution in [0.2, 0.25) is 0 Å². The van der Waals surface area contributed by atoms with Crippen LogP contribution in [0.3, 0.4) is 0 Å². The summed E-state index contributed by atoms with van der Waals surface area (Å²) in [5.74, 6) is 0. The summed E-state index contributed by atoms with van der Waals surface area (Å²) in [5.41, 5.74) is 0. The van der Waals surface area contributed by atoms with Gasteiger partial charge >= 0.3 is 6.09 Å². The number of ether oxygens (including phenoxy) is 2. The first kappa shape index (κ1) is 13.1. The fraction of sp³-hybridized carbons (Fsp3) is 0.778. The lowest BCUT2D eigenvalue weighted by Gasteiger charge is -2.23. The Labute approximate surface area is 100 Å². The zero-order valence-corrected chi connectivity index (χ0v) is 10.2. The van der Waals surface area contributed by atoms with Crippen LogP contribution in [0.1, 0.15) is 0 Å². The Morgan fingerprint density at radius 2 is 2.19 bits per heavy atom. The molecule has 0 aromatic carbocycles. The first-order valence-electron chi connectivity index (χ1n) is 5.26. The van der Waals surface area contributed by atoms with E-state index in [1.54, 1.807) is 0 Å². The Kier molecular flexibility index (Phi) is 6.05. The topological polar surface area (TPSA) is 64.0 Å². The lowest BCUT2D eigenvalue weighted by Crippen LogP contribution is -3.14. The van der Waals surface area contributed by atoms with Crippen molar-refractivity contribution in [3.63, 3.8) is 0 Å². The van der Waals surface area contributed by atoms with Gasteiger partial charge in [-0.3, -0.25) is 5.32 Å². The summed E-state index contributed by atoms with van der Waals surface area (Å²) in [4.78, 5) is 12.3. The lowest BCUT2D eigenvalue weighted by molar-refractivity contribution is -0.906. The number of hydrogen-bond donors (Lipinski definition) is 3. The highest BCUT2D eigenvalue weighted by molar-refractivity contribution is 7.80. The molecule has 0 atom stereocenters. The SMILES string of the molecule is COC(=O)NC(=S)NCC[NH+]1CCOCC1. The molecule has 1 aliphatic heterocycles. The van der Waals surface area contributed by atoms with Crippen LogP contribution in [0, 0.1) is 0 Å². The van der Waals surface area contributed by atoms with Crippen molar-refractivity contribution in [3.8, 4) is 0 Å². The molecule has 1 heterocycles. The highest BCUT2D eigenvalue weighted by atomic mass is 32.1. The first-order chi connectivity index (χ1) is 7.72. The fourth-order valence-electron chi connectivity index (χ4n) is 1.45. The van der Waals surface area contributed by atoms with Crippen molar-refractivity contribution in [1.82, 2.24) is 10.6 Å². The van der Waals surface area contributed by atoms with Gasteiger partial charge < -0.3 is 19.7 Å². The summed E-state index contributed by atoms with van der Waals surface area (Å²) in [6, 6.07) is 0. The highest BCUT2D eigenvalue weighted by Gasteiger charge is 2.13. The zero-order valence-electron chi connectivity index (χ0n) is 9.38. The van der Waals surface area contributed by atoms with Crippen molar-refractivity contribution in [1.29, 1.82) is 0 Å². The van der Waals surface area contributed by atoms with Gasteiger partial charge in [-0.2, -0.15) is 0 Å². The largest absolute Gasteiger partial charge is 0.453 e. The molecule has 1 amide bonds. The Hall–Kier alpha value is -0.920. The van der Waals surface area contributed by atoms with E-state index in [0.29, 0.717) is 5.11 Å². The maximum absolute atomic E-state index is 10.8. The van der Waals surface area contributed by atoms with E-state index in [9.17, 15) is 4.79 Å². The maximum Gasteiger partial charge on any atom is 0.413 e. The molecule has 16 heavy (non-hydrogen) atoms. The lowest BCUT2D eigenvalue weighted by atomic mass is 10.4. The second-order valence-electron chi connectivity index (χ2n) is 3.48. The van der Waals surface area contributed by atoms with Crippen LogP contribution in [0.15, 0.2) is 0 Å². The fourth-order valence-corrected chi connectivity index (χ4v) is 1.64. The van der Waals surface area contributed by atoms with E-state index in [2.05, 4.69) is 15.4 Å². The highest BCUT2D eigenvalue weighted by Crippen LogP contribution is 1.75. The van der Waals surface area contributed by atoms with Crippen LogP contribution in [0.5, 0.6) is 0 Å². The number of methoxy groups -OCH3 is 1. The van der Waals surface area contributed by atoms with Gasteiger partial charge in [0.15, 0.2) is 5.11 Å². The van der Waals surface area contributed by atoms with Crippen molar-refractivity contribution in [2.24, 2.45) is 0 Å². The van der Waals surface area contributed by atoms with E-state index in [4.69, 9.17) is 17.0 Å². The standard InChI is InChI=1S/C9H17N3O3S/c1-14-9(13)11-8(16)10-2-3-12-4-6-15-7-5-12/h2-7H2,1H3,(H2,10,11,13,16)/p+1. The zero-order chi connectivity index (χ0) is 11.8. The van der Waals surface area contributed by atoms with Crippen molar-refractivity contribution in [2.75, 3.05) is 46.5 Å². The van der Waals surface area contributed by atoms with E-state index >= 15 is 0 Å². The quantitative estimate of drug-likeness (QED) is 0.511. The summed E-state index contributed by atoms with van der Waals surface area (Å²) in [5, 5.41) is 5.65. The summed E-state index contributed by atoms with van der Waals surface area (Å²) in [7, 11) is 1.30.